The molecule has 1 rings (SSSR count). The summed E-state index contributed by atoms with van der Waals surface area (Å²) in [5, 5.41) is 11.3. The molecule has 1 aromatic carbocycles. The minimum Gasteiger partial charge on any atom is -0.481 e. The Bertz CT molecular complexity index is 426. The van der Waals surface area contributed by atoms with Gasteiger partial charge in [0.25, 0.3) is 0 Å². The van der Waals surface area contributed by atoms with Crippen molar-refractivity contribution in [3.8, 4) is 0 Å². The molecular weight excluding hydrogens is 242 g/mol. The fourth-order valence-electron chi connectivity index (χ4n) is 1.65. The molecule has 1 unspecified atom stereocenters. The molecule has 1 atom stereocenters. The molecule has 4 nitrogen and oxygen atoms in total. The maximum Gasteiger partial charge on any atom is 0.308 e. The number of hydrogen-bond acceptors (Lipinski definition) is 2. The van der Waals surface area contributed by atoms with E-state index in [4.69, 9.17) is 5.11 Å². The summed E-state index contributed by atoms with van der Waals surface area (Å²) < 4.78 is 0. The quantitative estimate of drug-likeness (QED) is 0.792. The fraction of sp³-hybridized carbons (Fsp3) is 0.467. The third-order valence-corrected chi connectivity index (χ3v) is 3.02. The van der Waals surface area contributed by atoms with Gasteiger partial charge in [-0.3, -0.25) is 9.59 Å². The average Bonchev–Trinajstić information content (AvgIpc) is 2.38. The maximum absolute atomic E-state index is 11.5. The molecule has 0 heterocycles. The van der Waals surface area contributed by atoms with Crippen molar-refractivity contribution >= 4 is 11.9 Å². The monoisotopic (exact) mass is 263 g/mol. The first-order valence-corrected chi connectivity index (χ1v) is 6.54. The molecule has 2 N–H and O–H groups in total. The zero-order valence-corrected chi connectivity index (χ0v) is 11.5. The summed E-state index contributed by atoms with van der Waals surface area (Å²) in [4.78, 5) is 22.1. The Morgan fingerprint density at radius 2 is 1.89 bits per heavy atom. The van der Waals surface area contributed by atoms with Crippen molar-refractivity contribution in [2.45, 2.75) is 33.1 Å². The summed E-state index contributed by atoms with van der Waals surface area (Å²) in [6.07, 6.45) is 2.07. The number of hydrogen-bond donors (Lipinski definition) is 2. The van der Waals surface area contributed by atoms with Gasteiger partial charge in [0.15, 0.2) is 0 Å². The van der Waals surface area contributed by atoms with Crippen LogP contribution in [0, 0.1) is 12.8 Å². The van der Waals surface area contributed by atoms with E-state index in [0.717, 1.165) is 12.8 Å². The lowest BCUT2D eigenvalue weighted by atomic mass is 10.1. The molecule has 0 aliphatic carbocycles. The molecule has 1 aromatic rings. The number of carbonyl (C=O) groups excluding carboxylic acids is 1. The van der Waals surface area contributed by atoms with Crippen LogP contribution in [0.2, 0.25) is 0 Å². The number of carboxylic acids is 1. The minimum absolute atomic E-state index is 0.0831. The van der Waals surface area contributed by atoms with Crippen molar-refractivity contribution in [2.24, 2.45) is 5.92 Å². The zero-order valence-electron chi connectivity index (χ0n) is 11.5. The smallest absolute Gasteiger partial charge is 0.308 e. The number of benzene rings is 1. The summed E-state index contributed by atoms with van der Waals surface area (Å²) >= 11 is 0. The number of amides is 1. The zero-order chi connectivity index (χ0) is 14.3. The predicted molar refractivity (Wildman–Crippen MR) is 73.9 cm³/mol. The number of aryl methyl sites for hydroxylation is 2. The predicted octanol–water partition coefficient (Wildman–Crippen LogP) is 2.15. The lowest BCUT2D eigenvalue weighted by Crippen LogP contribution is -2.31. The normalized spacial score (nSPS) is 11.9. The summed E-state index contributed by atoms with van der Waals surface area (Å²) in [6.45, 7) is 3.81. The summed E-state index contributed by atoms with van der Waals surface area (Å²) in [5.41, 5.74) is 2.45. The van der Waals surface area contributed by atoms with Crippen LogP contribution in [0.3, 0.4) is 0 Å². The average molecular weight is 263 g/mol. The second kappa shape index (κ2) is 7.56. The maximum atomic E-state index is 11.5. The molecule has 0 saturated heterocycles. The van der Waals surface area contributed by atoms with Crippen LogP contribution in [-0.2, 0) is 16.0 Å². The minimum atomic E-state index is -0.889. The lowest BCUT2D eigenvalue weighted by molar-refractivity contribution is -0.141. The number of rotatable bonds is 7. The Balaban J connectivity index is 2.20. The van der Waals surface area contributed by atoms with Crippen LogP contribution in [0.5, 0.6) is 0 Å². The van der Waals surface area contributed by atoms with Gasteiger partial charge in [-0.2, -0.15) is 0 Å². The molecule has 0 fully saturated rings. The van der Waals surface area contributed by atoms with E-state index in [0.29, 0.717) is 6.42 Å². The van der Waals surface area contributed by atoms with E-state index < -0.39 is 11.9 Å². The van der Waals surface area contributed by atoms with Crippen molar-refractivity contribution in [3.05, 3.63) is 35.4 Å². The Labute approximate surface area is 113 Å². The largest absolute Gasteiger partial charge is 0.481 e. The van der Waals surface area contributed by atoms with Crippen LogP contribution >= 0.6 is 0 Å². The molecule has 0 radical (unpaired) electrons. The fourth-order valence-corrected chi connectivity index (χ4v) is 1.65. The van der Waals surface area contributed by atoms with Crippen LogP contribution in [0.25, 0.3) is 0 Å². The SMILES string of the molecule is Cc1ccc(CCCC(=O)NCC(C)C(=O)O)cc1. The third kappa shape index (κ3) is 6.04. The van der Waals surface area contributed by atoms with Gasteiger partial charge in [-0.25, -0.2) is 0 Å². The Morgan fingerprint density at radius 3 is 2.47 bits per heavy atom. The van der Waals surface area contributed by atoms with E-state index in [1.807, 2.05) is 6.92 Å². The van der Waals surface area contributed by atoms with Crippen LogP contribution < -0.4 is 5.32 Å². The second-order valence-corrected chi connectivity index (χ2v) is 4.88. The molecule has 0 bridgehead atoms. The van der Waals surface area contributed by atoms with E-state index in [1.165, 1.54) is 11.1 Å². The first-order valence-electron chi connectivity index (χ1n) is 6.54. The van der Waals surface area contributed by atoms with Gasteiger partial charge in [0.05, 0.1) is 5.92 Å². The summed E-state index contributed by atoms with van der Waals surface area (Å²) in [7, 11) is 0. The standard InChI is InChI=1S/C15H21NO3/c1-11-6-8-13(9-7-11)4-3-5-14(17)16-10-12(2)15(18)19/h6-9,12H,3-5,10H2,1-2H3,(H,16,17)(H,18,19). The van der Waals surface area contributed by atoms with E-state index in [9.17, 15) is 9.59 Å². The number of carboxylic acid groups (broad SMARTS) is 1. The van der Waals surface area contributed by atoms with Gasteiger partial charge < -0.3 is 10.4 Å². The number of aliphatic carboxylic acids is 1. The molecule has 0 saturated carbocycles. The molecule has 4 heteroatoms. The molecular formula is C15H21NO3. The molecule has 0 aromatic heterocycles. The van der Waals surface area contributed by atoms with Crippen molar-refractivity contribution < 1.29 is 14.7 Å². The molecule has 0 aliphatic heterocycles. The Morgan fingerprint density at radius 1 is 1.26 bits per heavy atom. The first kappa shape index (κ1) is 15.2. The topological polar surface area (TPSA) is 66.4 Å². The summed E-state index contributed by atoms with van der Waals surface area (Å²) in [5.74, 6) is -1.51. The summed E-state index contributed by atoms with van der Waals surface area (Å²) in [6, 6.07) is 8.26. The molecule has 19 heavy (non-hydrogen) atoms. The molecule has 0 aliphatic rings. The highest BCUT2D eigenvalue weighted by Crippen LogP contribution is 2.07. The van der Waals surface area contributed by atoms with Gasteiger partial charge in [0, 0.05) is 13.0 Å². The van der Waals surface area contributed by atoms with Gasteiger partial charge in [-0.1, -0.05) is 36.8 Å². The Hall–Kier alpha value is -1.84. The van der Waals surface area contributed by atoms with Crippen LogP contribution in [0.1, 0.15) is 30.9 Å². The number of carbonyl (C=O) groups is 2. The highest BCUT2D eigenvalue weighted by Gasteiger charge is 2.11. The lowest BCUT2D eigenvalue weighted by Gasteiger charge is -2.08. The van der Waals surface area contributed by atoms with Crippen LogP contribution in [-0.4, -0.2) is 23.5 Å². The van der Waals surface area contributed by atoms with Crippen molar-refractivity contribution in [3.63, 3.8) is 0 Å². The van der Waals surface area contributed by atoms with E-state index >= 15 is 0 Å². The van der Waals surface area contributed by atoms with E-state index in [1.54, 1.807) is 6.92 Å². The first-order chi connectivity index (χ1) is 8.99. The van der Waals surface area contributed by atoms with Gasteiger partial charge in [-0.05, 0) is 25.3 Å². The Kier molecular flexibility index (Phi) is 6.06. The molecule has 0 spiro atoms. The highest BCUT2D eigenvalue weighted by molar-refractivity contribution is 5.77. The van der Waals surface area contributed by atoms with Crippen molar-refractivity contribution in [1.29, 1.82) is 0 Å². The van der Waals surface area contributed by atoms with Crippen LogP contribution in [0.4, 0.5) is 0 Å². The van der Waals surface area contributed by atoms with Crippen molar-refractivity contribution in [1.82, 2.24) is 5.32 Å². The van der Waals surface area contributed by atoms with E-state index in [2.05, 4.69) is 29.6 Å². The molecule has 1 amide bonds. The third-order valence-electron chi connectivity index (χ3n) is 3.02. The van der Waals surface area contributed by atoms with Crippen LogP contribution in [0.15, 0.2) is 24.3 Å². The van der Waals surface area contributed by atoms with E-state index in [-0.39, 0.29) is 12.5 Å². The van der Waals surface area contributed by atoms with Gasteiger partial charge >= 0.3 is 5.97 Å². The van der Waals surface area contributed by atoms with Gasteiger partial charge in [0.2, 0.25) is 5.91 Å². The number of nitrogens with one attached hydrogen (secondary N) is 1. The van der Waals surface area contributed by atoms with Crippen molar-refractivity contribution in [2.75, 3.05) is 6.54 Å². The highest BCUT2D eigenvalue weighted by atomic mass is 16.4. The second-order valence-electron chi connectivity index (χ2n) is 4.88. The molecule has 104 valence electrons. The van der Waals surface area contributed by atoms with Gasteiger partial charge in [-0.15, -0.1) is 0 Å². The van der Waals surface area contributed by atoms with Gasteiger partial charge in [0.1, 0.15) is 0 Å².